The lowest BCUT2D eigenvalue weighted by Crippen LogP contribution is -2.26. The van der Waals surface area contributed by atoms with Gasteiger partial charge in [0.2, 0.25) is 0 Å². The Morgan fingerprint density at radius 2 is 0.914 bits per heavy atom. The van der Waals surface area contributed by atoms with Gasteiger partial charge in [0.05, 0.1) is 12.2 Å². The fourth-order valence-corrected chi connectivity index (χ4v) is 5.45. The summed E-state index contributed by atoms with van der Waals surface area (Å²) in [5.41, 5.74) is 2.35. The summed E-state index contributed by atoms with van der Waals surface area (Å²) in [7, 11) is 0. The van der Waals surface area contributed by atoms with Gasteiger partial charge in [0, 0.05) is 5.41 Å². The Labute approximate surface area is 212 Å². The van der Waals surface area contributed by atoms with Gasteiger partial charge in [-0.25, -0.2) is 0 Å². The second-order valence-electron chi connectivity index (χ2n) is 10.8. The van der Waals surface area contributed by atoms with Crippen molar-refractivity contribution in [1.29, 1.82) is 0 Å². The van der Waals surface area contributed by atoms with Gasteiger partial charge in [-0.1, -0.05) is 76.6 Å². The molecule has 4 rings (SSSR count). The monoisotopic (exact) mass is 480 g/mol. The van der Waals surface area contributed by atoms with E-state index in [0.29, 0.717) is 12.2 Å². The fraction of sp³-hybridized carbons (Fsp3) is 0.613. The average molecular weight is 481 g/mol. The summed E-state index contributed by atoms with van der Waals surface area (Å²) >= 11 is 0. The molecule has 2 saturated carbocycles. The summed E-state index contributed by atoms with van der Waals surface area (Å²) in [5.74, 6) is 1.70. The maximum absolute atomic E-state index is 6.10. The number of hydrogen-bond acceptors (Lipinski definition) is 4. The van der Waals surface area contributed by atoms with Crippen molar-refractivity contribution in [3.05, 3.63) is 59.7 Å². The molecule has 0 aromatic heterocycles. The highest BCUT2D eigenvalue weighted by molar-refractivity contribution is 5.41. The molecule has 2 aromatic carbocycles. The highest BCUT2D eigenvalue weighted by atomic mass is 16.7. The van der Waals surface area contributed by atoms with Crippen LogP contribution < -0.4 is 9.47 Å². The molecule has 4 heteroatoms. The van der Waals surface area contributed by atoms with Gasteiger partial charge in [-0.3, -0.25) is 0 Å². The van der Waals surface area contributed by atoms with Crippen LogP contribution in [0.3, 0.4) is 0 Å². The first-order valence-electron chi connectivity index (χ1n) is 13.8. The predicted molar refractivity (Wildman–Crippen MR) is 141 cm³/mol. The molecular weight excluding hydrogens is 436 g/mol. The van der Waals surface area contributed by atoms with Crippen molar-refractivity contribution in [2.45, 2.75) is 122 Å². The molecule has 0 heterocycles. The van der Waals surface area contributed by atoms with Crippen molar-refractivity contribution in [1.82, 2.24) is 0 Å². The predicted octanol–water partition coefficient (Wildman–Crippen LogP) is 8.16. The van der Waals surface area contributed by atoms with Crippen LogP contribution in [0.25, 0.3) is 0 Å². The van der Waals surface area contributed by atoms with E-state index in [4.69, 9.17) is 18.9 Å². The van der Waals surface area contributed by atoms with Crippen LogP contribution in [0.2, 0.25) is 0 Å². The van der Waals surface area contributed by atoms with E-state index in [1.54, 1.807) is 0 Å². The topological polar surface area (TPSA) is 36.9 Å². The third-order valence-electron chi connectivity index (χ3n) is 7.63. The zero-order chi connectivity index (χ0) is 24.7. The van der Waals surface area contributed by atoms with Crippen molar-refractivity contribution in [2.75, 3.05) is 0 Å². The summed E-state index contributed by atoms with van der Waals surface area (Å²) in [5, 5.41) is 0. The smallest absolute Gasteiger partial charge is 0.197 e. The van der Waals surface area contributed by atoms with Crippen molar-refractivity contribution in [2.24, 2.45) is 0 Å². The van der Waals surface area contributed by atoms with Crippen LogP contribution >= 0.6 is 0 Å². The van der Waals surface area contributed by atoms with E-state index in [9.17, 15) is 0 Å². The summed E-state index contributed by atoms with van der Waals surface area (Å²) in [6, 6.07) is 16.9. The molecule has 4 nitrogen and oxygen atoms in total. The van der Waals surface area contributed by atoms with Crippen LogP contribution in [-0.4, -0.2) is 24.8 Å². The molecule has 2 unspecified atom stereocenters. The summed E-state index contributed by atoms with van der Waals surface area (Å²) in [6.07, 6.45) is 12.5. The minimum Gasteiger partial charge on any atom is -0.465 e. The summed E-state index contributed by atoms with van der Waals surface area (Å²) in [4.78, 5) is 0. The summed E-state index contributed by atoms with van der Waals surface area (Å²) < 4.78 is 24.3. The largest absolute Gasteiger partial charge is 0.465 e. The van der Waals surface area contributed by atoms with Gasteiger partial charge in [0.1, 0.15) is 11.5 Å². The van der Waals surface area contributed by atoms with Gasteiger partial charge in [-0.05, 0) is 74.9 Å². The average Bonchev–Trinajstić information content (AvgIpc) is 2.86. The molecule has 0 aliphatic heterocycles. The Balaban J connectivity index is 1.30. The Morgan fingerprint density at radius 3 is 1.26 bits per heavy atom. The number of ether oxygens (including phenoxy) is 4. The first kappa shape index (κ1) is 26.0. The van der Waals surface area contributed by atoms with Crippen LogP contribution in [-0.2, 0) is 14.9 Å². The molecule has 0 bridgehead atoms. The molecule has 2 aromatic rings. The lowest BCUT2D eigenvalue weighted by molar-refractivity contribution is -0.117. The first-order chi connectivity index (χ1) is 16.9. The van der Waals surface area contributed by atoms with Gasteiger partial charge < -0.3 is 18.9 Å². The molecule has 0 spiro atoms. The molecule has 2 aliphatic carbocycles. The number of hydrogen-bond donors (Lipinski definition) is 0. The molecule has 35 heavy (non-hydrogen) atoms. The lowest BCUT2D eigenvalue weighted by Gasteiger charge is -2.28. The van der Waals surface area contributed by atoms with Gasteiger partial charge in [0.15, 0.2) is 12.6 Å². The molecule has 0 N–H and O–H groups in total. The van der Waals surface area contributed by atoms with E-state index in [2.05, 4.69) is 62.4 Å². The third kappa shape index (κ3) is 7.47. The maximum Gasteiger partial charge on any atom is 0.197 e. The molecule has 0 saturated heterocycles. The van der Waals surface area contributed by atoms with Crippen LogP contribution in [0.1, 0.15) is 103 Å². The maximum atomic E-state index is 6.10. The molecule has 2 fully saturated rings. The number of rotatable bonds is 10. The van der Waals surface area contributed by atoms with E-state index >= 15 is 0 Å². The van der Waals surface area contributed by atoms with Gasteiger partial charge in [-0.2, -0.15) is 0 Å². The van der Waals surface area contributed by atoms with Crippen molar-refractivity contribution >= 4 is 0 Å². The van der Waals surface area contributed by atoms with Crippen LogP contribution in [0.5, 0.6) is 11.5 Å². The second-order valence-corrected chi connectivity index (χ2v) is 10.8. The summed E-state index contributed by atoms with van der Waals surface area (Å²) in [6.45, 7) is 8.50. The van der Waals surface area contributed by atoms with E-state index in [0.717, 1.165) is 37.2 Å². The quantitative estimate of drug-likeness (QED) is 0.321. The SMILES string of the molecule is CC(Oc1ccc(C(C)(C)c2ccc(OC(C)OC3CCCCC3)cc2)cc1)OC1CCCCC1. The van der Waals surface area contributed by atoms with Crippen molar-refractivity contribution < 1.29 is 18.9 Å². The zero-order valence-corrected chi connectivity index (χ0v) is 22.1. The fourth-order valence-electron chi connectivity index (χ4n) is 5.45. The van der Waals surface area contributed by atoms with E-state index in [-0.39, 0.29) is 18.0 Å². The molecule has 192 valence electrons. The normalized spacial score (nSPS) is 19.8. The van der Waals surface area contributed by atoms with Crippen LogP contribution in [0.15, 0.2) is 48.5 Å². The Hall–Kier alpha value is -2.04. The first-order valence-corrected chi connectivity index (χ1v) is 13.8. The highest BCUT2D eigenvalue weighted by Crippen LogP contribution is 2.34. The zero-order valence-electron chi connectivity index (χ0n) is 22.1. The minimum absolute atomic E-state index is 0.133. The van der Waals surface area contributed by atoms with Gasteiger partial charge in [-0.15, -0.1) is 0 Å². The molecule has 2 aliphatic rings. The van der Waals surface area contributed by atoms with Crippen molar-refractivity contribution in [3.8, 4) is 11.5 Å². The Morgan fingerprint density at radius 1 is 0.571 bits per heavy atom. The van der Waals surface area contributed by atoms with Crippen LogP contribution in [0, 0.1) is 0 Å². The molecule has 2 atom stereocenters. The van der Waals surface area contributed by atoms with Gasteiger partial charge >= 0.3 is 0 Å². The second kappa shape index (κ2) is 12.3. The van der Waals surface area contributed by atoms with Crippen LogP contribution in [0.4, 0.5) is 0 Å². The lowest BCUT2D eigenvalue weighted by atomic mass is 9.78. The van der Waals surface area contributed by atoms with Gasteiger partial charge in [0.25, 0.3) is 0 Å². The Bertz CT molecular complexity index is 804. The minimum atomic E-state index is -0.228. The van der Waals surface area contributed by atoms with E-state index in [1.165, 1.54) is 49.7 Å². The third-order valence-corrected chi connectivity index (χ3v) is 7.63. The van der Waals surface area contributed by atoms with Crippen molar-refractivity contribution in [3.63, 3.8) is 0 Å². The molecule has 0 amide bonds. The highest BCUT2D eigenvalue weighted by Gasteiger charge is 2.24. The number of benzene rings is 2. The Kier molecular flexibility index (Phi) is 9.13. The molecular formula is C31H44O4. The van der Waals surface area contributed by atoms with E-state index < -0.39 is 0 Å². The van der Waals surface area contributed by atoms with E-state index in [1.807, 2.05) is 13.8 Å². The standard InChI is InChI=1S/C31H44O4/c1-23(32-27-11-7-5-8-12-27)34-29-19-15-25(16-20-29)31(3,4)26-17-21-30(22-18-26)35-24(2)33-28-13-9-6-10-14-28/h15-24,27-28H,5-14H2,1-4H3. The molecule has 0 radical (unpaired) electrons.